The lowest BCUT2D eigenvalue weighted by Gasteiger charge is -2.43. The summed E-state index contributed by atoms with van der Waals surface area (Å²) in [6, 6.07) is 6.38. The van der Waals surface area contributed by atoms with Crippen LogP contribution in [0.4, 0.5) is 4.39 Å². The second-order valence-corrected chi connectivity index (χ2v) is 5.87. The third-order valence-electron chi connectivity index (χ3n) is 4.53. The Hall–Kier alpha value is -0.930. The van der Waals surface area contributed by atoms with E-state index in [1.807, 2.05) is 20.2 Å². The van der Waals surface area contributed by atoms with E-state index in [2.05, 4.69) is 4.90 Å². The molecule has 0 spiro atoms. The Morgan fingerprint density at radius 2 is 1.79 bits per heavy atom. The molecule has 1 aromatic rings. The van der Waals surface area contributed by atoms with Crippen molar-refractivity contribution in [1.82, 2.24) is 4.90 Å². The summed E-state index contributed by atoms with van der Waals surface area (Å²) >= 11 is 0. The molecule has 106 valence electrons. The van der Waals surface area contributed by atoms with Gasteiger partial charge in [0.15, 0.2) is 0 Å². The van der Waals surface area contributed by atoms with Crippen LogP contribution in [0.5, 0.6) is 0 Å². The van der Waals surface area contributed by atoms with Crippen molar-refractivity contribution >= 4 is 0 Å². The lowest BCUT2D eigenvalue weighted by Crippen LogP contribution is -2.49. The minimum absolute atomic E-state index is 0.260. The molecule has 0 heterocycles. The van der Waals surface area contributed by atoms with E-state index >= 15 is 0 Å². The van der Waals surface area contributed by atoms with Gasteiger partial charge < -0.3 is 10.0 Å². The maximum atomic E-state index is 13.4. The number of hydrogen-bond acceptors (Lipinski definition) is 2. The molecule has 0 saturated heterocycles. The van der Waals surface area contributed by atoms with Crippen LogP contribution < -0.4 is 0 Å². The zero-order valence-corrected chi connectivity index (χ0v) is 11.9. The third kappa shape index (κ3) is 2.98. The van der Waals surface area contributed by atoms with Gasteiger partial charge in [-0.3, -0.25) is 0 Å². The van der Waals surface area contributed by atoms with Gasteiger partial charge in [0.2, 0.25) is 0 Å². The van der Waals surface area contributed by atoms with Crippen LogP contribution in [0, 0.1) is 5.82 Å². The van der Waals surface area contributed by atoms with E-state index in [1.54, 1.807) is 6.07 Å². The molecule has 1 aliphatic rings. The standard InChI is InChI=1S/C16H24FNO/c1-18(2)16(10-5-3-4-6-11-16)15(19)13-8-7-9-14(17)12-13/h7-9,12,15,19H,3-6,10-11H2,1-2H3. The number of nitrogens with zero attached hydrogens (tertiary/aromatic N) is 1. The molecule has 1 aromatic carbocycles. The van der Waals surface area contributed by atoms with Crippen molar-refractivity contribution in [1.29, 1.82) is 0 Å². The first-order valence-electron chi connectivity index (χ1n) is 7.17. The molecule has 3 heteroatoms. The van der Waals surface area contributed by atoms with E-state index in [9.17, 15) is 9.50 Å². The summed E-state index contributed by atoms with van der Waals surface area (Å²) < 4.78 is 13.4. The van der Waals surface area contributed by atoms with Crippen molar-refractivity contribution in [3.05, 3.63) is 35.6 Å². The highest BCUT2D eigenvalue weighted by atomic mass is 19.1. The van der Waals surface area contributed by atoms with Gasteiger partial charge in [-0.05, 0) is 44.6 Å². The average Bonchev–Trinajstić information content (AvgIpc) is 2.64. The molecule has 0 radical (unpaired) electrons. The predicted molar refractivity (Wildman–Crippen MR) is 75.5 cm³/mol. The number of hydrogen-bond donors (Lipinski definition) is 1. The van der Waals surface area contributed by atoms with Gasteiger partial charge in [-0.2, -0.15) is 0 Å². The van der Waals surface area contributed by atoms with Gasteiger partial charge in [0.25, 0.3) is 0 Å². The Morgan fingerprint density at radius 3 is 2.32 bits per heavy atom. The van der Waals surface area contributed by atoms with Gasteiger partial charge in [0, 0.05) is 0 Å². The largest absolute Gasteiger partial charge is 0.386 e. The SMILES string of the molecule is CN(C)C1(C(O)c2cccc(F)c2)CCCCCC1. The highest BCUT2D eigenvalue weighted by Crippen LogP contribution is 2.41. The number of aliphatic hydroxyl groups is 1. The van der Waals surface area contributed by atoms with Gasteiger partial charge >= 0.3 is 0 Å². The molecular formula is C16H24FNO. The van der Waals surface area contributed by atoms with Crippen LogP contribution in [-0.4, -0.2) is 29.6 Å². The first kappa shape index (κ1) is 14.5. The number of halogens is 1. The molecule has 0 bridgehead atoms. The van der Waals surface area contributed by atoms with E-state index in [1.165, 1.54) is 25.0 Å². The van der Waals surface area contributed by atoms with Crippen molar-refractivity contribution in [2.75, 3.05) is 14.1 Å². The molecule has 1 unspecified atom stereocenters. The molecule has 1 saturated carbocycles. The van der Waals surface area contributed by atoms with Crippen LogP contribution in [0.25, 0.3) is 0 Å². The van der Waals surface area contributed by atoms with Gasteiger partial charge in [0.05, 0.1) is 11.6 Å². The second-order valence-electron chi connectivity index (χ2n) is 5.87. The van der Waals surface area contributed by atoms with Gasteiger partial charge in [0.1, 0.15) is 5.82 Å². The summed E-state index contributed by atoms with van der Waals surface area (Å²) in [5.41, 5.74) is 0.431. The van der Waals surface area contributed by atoms with Crippen molar-refractivity contribution in [2.24, 2.45) is 0 Å². The van der Waals surface area contributed by atoms with Crippen LogP contribution in [0.3, 0.4) is 0 Å². The van der Waals surface area contributed by atoms with Crippen LogP contribution in [-0.2, 0) is 0 Å². The number of likely N-dealkylation sites (N-methyl/N-ethyl adjacent to an activating group) is 1. The maximum absolute atomic E-state index is 13.4. The fourth-order valence-electron chi connectivity index (χ4n) is 3.29. The van der Waals surface area contributed by atoms with Crippen LogP contribution >= 0.6 is 0 Å². The van der Waals surface area contributed by atoms with E-state index < -0.39 is 6.10 Å². The number of rotatable bonds is 3. The lowest BCUT2D eigenvalue weighted by atomic mass is 9.80. The molecule has 1 N–H and O–H groups in total. The minimum atomic E-state index is -0.628. The first-order valence-corrected chi connectivity index (χ1v) is 7.17. The highest BCUT2D eigenvalue weighted by molar-refractivity contribution is 5.22. The topological polar surface area (TPSA) is 23.5 Å². The summed E-state index contributed by atoms with van der Waals surface area (Å²) in [5.74, 6) is -0.279. The molecule has 1 atom stereocenters. The summed E-state index contributed by atoms with van der Waals surface area (Å²) in [5, 5.41) is 10.8. The predicted octanol–water partition coefficient (Wildman–Crippen LogP) is 3.51. The van der Waals surface area contributed by atoms with Gasteiger partial charge in [-0.25, -0.2) is 4.39 Å². The van der Waals surface area contributed by atoms with Crippen molar-refractivity contribution in [3.8, 4) is 0 Å². The summed E-state index contributed by atoms with van der Waals surface area (Å²) in [4.78, 5) is 2.13. The summed E-state index contributed by atoms with van der Waals surface area (Å²) in [6.45, 7) is 0. The smallest absolute Gasteiger partial charge is 0.123 e. The van der Waals surface area contributed by atoms with Gasteiger partial charge in [-0.1, -0.05) is 37.8 Å². The van der Waals surface area contributed by atoms with Crippen molar-refractivity contribution in [2.45, 2.75) is 50.2 Å². The molecule has 2 nitrogen and oxygen atoms in total. The Bertz CT molecular complexity index is 411. The molecule has 1 aliphatic carbocycles. The van der Waals surface area contributed by atoms with E-state index in [4.69, 9.17) is 0 Å². The fourth-order valence-corrected chi connectivity index (χ4v) is 3.29. The zero-order chi connectivity index (χ0) is 13.9. The van der Waals surface area contributed by atoms with Crippen molar-refractivity contribution < 1.29 is 9.50 Å². The summed E-state index contributed by atoms with van der Waals surface area (Å²) in [6.07, 6.45) is 6.03. The molecular weight excluding hydrogens is 241 g/mol. The van der Waals surface area contributed by atoms with Crippen LogP contribution in [0.1, 0.15) is 50.2 Å². The Labute approximate surface area is 115 Å². The van der Waals surface area contributed by atoms with E-state index in [-0.39, 0.29) is 11.4 Å². The fraction of sp³-hybridized carbons (Fsp3) is 0.625. The number of benzene rings is 1. The minimum Gasteiger partial charge on any atom is -0.386 e. The lowest BCUT2D eigenvalue weighted by molar-refractivity contribution is -0.0200. The average molecular weight is 265 g/mol. The summed E-state index contributed by atoms with van der Waals surface area (Å²) in [7, 11) is 4.04. The molecule has 0 amide bonds. The van der Waals surface area contributed by atoms with E-state index in [0.717, 1.165) is 25.7 Å². The molecule has 0 aromatic heterocycles. The van der Waals surface area contributed by atoms with Crippen LogP contribution in [0.2, 0.25) is 0 Å². The molecule has 0 aliphatic heterocycles. The van der Waals surface area contributed by atoms with E-state index in [0.29, 0.717) is 5.56 Å². The van der Waals surface area contributed by atoms with Gasteiger partial charge in [-0.15, -0.1) is 0 Å². The molecule has 1 fully saturated rings. The highest BCUT2D eigenvalue weighted by Gasteiger charge is 2.40. The second kappa shape index (κ2) is 6.02. The zero-order valence-electron chi connectivity index (χ0n) is 11.9. The normalized spacial score (nSPS) is 21.1. The molecule has 19 heavy (non-hydrogen) atoms. The maximum Gasteiger partial charge on any atom is 0.123 e. The first-order chi connectivity index (χ1) is 9.06. The molecule has 2 rings (SSSR count). The Kier molecular flexibility index (Phi) is 4.58. The van der Waals surface area contributed by atoms with Crippen LogP contribution in [0.15, 0.2) is 24.3 Å². The monoisotopic (exact) mass is 265 g/mol. The quantitative estimate of drug-likeness (QED) is 0.845. The Morgan fingerprint density at radius 1 is 1.16 bits per heavy atom. The van der Waals surface area contributed by atoms with Crippen molar-refractivity contribution in [3.63, 3.8) is 0 Å². The third-order valence-corrected chi connectivity index (χ3v) is 4.53. The number of aliphatic hydroxyl groups excluding tert-OH is 1. The Balaban J connectivity index is 2.32.